The quantitative estimate of drug-likeness (QED) is 0.822. The van der Waals surface area contributed by atoms with E-state index in [9.17, 15) is 4.79 Å². The second kappa shape index (κ2) is 8.68. The number of carbonyl (C=O) groups excluding carboxylic acids is 1. The van der Waals surface area contributed by atoms with Gasteiger partial charge in [-0.1, -0.05) is 60.7 Å². The molecular weight excluding hydrogens is 334 g/mol. The molecule has 4 rings (SSSR count). The zero-order chi connectivity index (χ0) is 18.5. The van der Waals surface area contributed by atoms with Crippen molar-refractivity contribution in [2.75, 3.05) is 39.3 Å². The summed E-state index contributed by atoms with van der Waals surface area (Å²) in [5, 5.41) is 3.08. The Bertz CT molecular complexity index is 682. The lowest BCUT2D eigenvalue weighted by molar-refractivity contribution is -0.122. The maximum atomic E-state index is 12.1. The smallest absolute Gasteiger partial charge is 0.234 e. The van der Waals surface area contributed by atoms with Gasteiger partial charge >= 0.3 is 0 Å². The summed E-state index contributed by atoms with van der Waals surface area (Å²) in [6.45, 7) is 5.22. The molecule has 1 aliphatic carbocycles. The summed E-state index contributed by atoms with van der Waals surface area (Å²) in [5.74, 6) is 0.918. The second-order valence-corrected chi connectivity index (χ2v) is 7.78. The van der Waals surface area contributed by atoms with Crippen LogP contribution in [0.1, 0.15) is 30.0 Å². The number of benzene rings is 2. The first kappa shape index (κ1) is 18.2. The topological polar surface area (TPSA) is 35.6 Å². The van der Waals surface area contributed by atoms with Crippen LogP contribution in [0.3, 0.4) is 0 Å². The lowest BCUT2D eigenvalue weighted by Gasteiger charge is -2.39. The Hall–Kier alpha value is -2.17. The Kier molecular flexibility index (Phi) is 5.85. The Morgan fingerprint density at radius 3 is 1.96 bits per heavy atom. The molecule has 0 atom stereocenters. The van der Waals surface area contributed by atoms with Crippen LogP contribution in [0.25, 0.3) is 0 Å². The molecule has 4 nitrogen and oxygen atoms in total. The van der Waals surface area contributed by atoms with Crippen LogP contribution in [0.4, 0.5) is 0 Å². The van der Waals surface area contributed by atoms with E-state index in [-0.39, 0.29) is 11.9 Å². The van der Waals surface area contributed by atoms with E-state index in [1.165, 1.54) is 24.0 Å². The molecule has 4 heteroatoms. The molecule has 1 saturated heterocycles. The molecule has 2 aromatic rings. The number of nitrogens with one attached hydrogen (secondary N) is 1. The van der Waals surface area contributed by atoms with Crippen molar-refractivity contribution < 1.29 is 4.79 Å². The Morgan fingerprint density at radius 1 is 0.889 bits per heavy atom. The standard InChI is InChI=1S/C23H29N3O/c27-22(24-17-19-11-12-19)18-25-13-15-26(16-14-25)23(20-7-3-1-4-8-20)21-9-5-2-6-10-21/h1-10,19,23H,11-18H2,(H,24,27). The van der Waals surface area contributed by atoms with Crippen LogP contribution in [0.15, 0.2) is 60.7 Å². The van der Waals surface area contributed by atoms with Gasteiger partial charge in [0.1, 0.15) is 0 Å². The average molecular weight is 364 g/mol. The fourth-order valence-electron chi connectivity index (χ4n) is 3.90. The van der Waals surface area contributed by atoms with E-state index in [0.717, 1.165) is 38.6 Å². The van der Waals surface area contributed by atoms with E-state index < -0.39 is 0 Å². The molecule has 142 valence electrons. The van der Waals surface area contributed by atoms with Crippen LogP contribution < -0.4 is 5.32 Å². The van der Waals surface area contributed by atoms with Crippen molar-refractivity contribution in [2.45, 2.75) is 18.9 Å². The third-order valence-electron chi connectivity index (χ3n) is 5.65. The first-order valence-corrected chi connectivity index (χ1v) is 10.1. The fourth-order valence-corrected chi connectivity index (χ4v) is 3.90. The summed E-state index contributed by atoms with van der Waals surface area (Å²) in [4.78, 5) is 17.0. The SMILES string of the molecule is O=C(CN1CCN(C(c2ccccc2)c2ccccc2)CC1)NCC1CC1. The van der Waals surface area contributed by atoms with E-state index in [2.05, 4.69) is 75.8 Å². The van der Waals surface area contributed by atoms with Crippen LogP contribution in [0.2, 0.25) is 0 Å². The third kappa shape index (κ3) is 4.96. The summed E-state index contributed by atoms with van der Waals surface area (Å²) >= 11 is 0. The Labute approximate surface area is 162 Å². The largest absolute Gasteiger partial charge is 0.355 e. The van der Waals surface area contributed by atoms with Crippen LogP contribution in [-0.2, 0) is 4.79 Å². The molecule has 1 aliphatic heterocycles. The number of nitrogens with zero attached hydrogens (tertiary/aromatic N) is 2. The zero-order valence-electron chi connectivity index (χ0n) is 15.9. The van der Waals surface area contributed by atoms with Crippen molar-refractivity contribution in [2.24, 2.45) is 5.92 Å². The van der Waals surface area contributed by atoms with Crippen LogP contribution >= 0.6 is 0 Å². The van der Waals surface area contributed by atoms with Gasteiger partial charge in [0.15, 0.2) is 0 Å². The van der Waals surface area contributed by atoms with Gasteiger partial charge in [0.25, 0.3) is 0 Å². The summed E-state index contributed by atoms with van der Waals surface area (Å²) in [7, 11) is 0. The number of hydrogen-bond donors (Lipinski definition) is 1. The average Bonchev–Trinajstić information content (AvgIpc) is 3.54. The first-order valence-electron chi connectivity index (χ1n) is 10.1. The lowest BCUT2D eigenvalue weighted by Crippen LogP contribution is -2.50. The highest BCUT2D eigenvalue weighted by Crippen LogP contribution is 2.29. The van der Waals surface area contributed by atoms with Gasteiger partial charge in [0, 0.05) is 32.7 Å². The van der Waals surface area contributed by atoms with E-state index >= 15 is 0 Å². The lowest BCUT2D eigenvalue weighted by atomic mass is 9.96. The molecule has 1 saturated carbocycles. The number of amides is 1. The van der Waals surface area contributed by atoms with Crippen molar-refractivity contribution >= 4 is 5.91 Å². The summed E-state index contributed by atoms with van der Waals surface area (Å²) in [6, 6.07) is 21.8. The van der Waals surface area contributed by atoms with Gasteiger partial charge in [-0.15, -0.1) is 0 Å². The molecule has 27 heavy (non-hydrogen) atoms. The molecule has 0 aromatic heterocycles. The van der Waals surface area contributed by atoms with Gasteiger partial charge in [0.05, 0.1) is 12.6 Å². The molecular formula is C23H29N3O. The van der Waals surface area contributed by atoms with Crippen molar-refractivity contribution in [1.82, 2.24) is 15.1 Å². The van der Waals surface area contributed by atoms with Crippen LogP contribution in [0.5, 0.6) is 0 Å². The zero-order valence-corrected chi connectivity index (χ0v) is 15.9. The van der Waals surface area contributed by atoms with E-state index in [1.54, 1.807) is 0 Å². The van der Waals surface area contributed by atoms with E-state index in [1.807, 2.05) is 0 Å². The molecule has 0 unspecified atom stereocenters. The molecule has 2 aliphatic rings. The highest BCUT2D eigenvalue weighted by atomic mass is 16.2. The summed E-state index contributed by atoms with van der Waals surface area (Å²) in [6.07, 6.45) is 2.55. The number of rotatable bonds is 7. The number of carbonyl (C=O) groups is 1. The highest BCUT2D eigenvalue weighted by Gasteiger charge is 2.27. The van der Waals surface area contributed by atoms with Crippen molar-refractivity contribution in [3.8, 4) is 0 Å². The Morgan fingerprint density at radius 2 is 1.44 bits per heavy atom. The van der Waals surface area contributed by atoms with Crippen LogP contribution in [0, 0.1) is 5.92 Å². The first-order chi connectivity index (χ1) is 13.3. The number of hydrogen-bond acceptors (Lipinski definition) is 3. The minimum absolute atomic E-state index is 0.179. The van der Waals surface area contributed by atoms with Crippen molar-refractivity contribution in [3.05, 3.63) is 71.8 Å². The van der Waals surface area contributed by atoms with Gasteiger partial charge in [-0.2, -0.15) is 0 Å². The summed E-state index contributed by atoms with van der Waals surface area (Å²) < 4.78 is 0. The van der Waals surface area contributed by atoms with Gasteiger partial charge in [0.2, 0.25) is 5.91 Å². The minimum atomic E-state index is 0.179. The van der Waals surface area contributed by atoms with Gasteiger partial charge < -0.3 is 5.32 Å². The Balaban J connectivity index is 1.37. The van der Waals surface area contributed by atoms with Gasteiger partial charge in [-0.25, -0.2) is 0 Å². The van der Waals surface area contributed by atoms with E-state index in [4.69, 9.17) is 0 Å². The molecule has 1 heterocycles. The van der Waals surface area contributed by atoms with Gasteiger partial charge in [-0.05, 0) is 29.9 Å². The molecule has 0 bridgehead atoms. The van der Waals surface area contributed by atoms with Crippen LogP contribution in [-0.4, -0.2) is 55.0 Å². The van der Waals surface area contributed by atoms with Gasteiger partial charge in [-0.3, -0.25) is 14.6 Å². The van der Waals surface area contributed by atoms with Crippen molar-refractivity contribution in [3.63, 3.8) is 0 Å². The number of piperazine rings is 1. The van der Waals surface area contributed by atoms with E-state index in [0.29, 0.717) is 6.54 Å². The fraction of sp³-hybridized carbons (Fsp3) is 0.435. The molecule has 1 N–H and O–H groups in total. The minimum Gasteiger partial charge on any atom is -0.355 e. The molecule has 2 fully saturated rings. The normalized spacial score (nSPS) is 18.6. The predicted octanol–water partition coefficient (Wildman–Crippen LogP) is 2.92. The van der Waals surface area contributed by atoms with Crippen molar-refractivity contribution in [1.29, 1.82) is 0 Å². The monoisotopic (exact) mass is 363 g/mol. The predicted molar refractivity (Wildman–Crippen MR) is 108 cm³/mol. The maximum absolute atomic E-state index is 12.1. The molecule has 0 spiro atoms. The highest BCUT2D eigenvalue weighted by molar-refractivity contribution is 5.78. The second-order valence-electron chi connectivity index (χ2n) is 7.78. The summed E-state index contributed by atoms with van der Waals surface area (Å²) in [5.41, 5.74) is 2.67. The maximum Gasteiger partial charge on any atom is 0.234 e. The molecule has 1 amide bonds. The molecule has 2 aromatic carbocycles. The molecule has 0 radical (unpaired) electrons. The third-order valence-corrected chi connectivity index (χ3v) is 5.65.